The van der Waals surface area contributed by atoms with E-state index in [0.717, 1.165) is 24.0 Å². The van der Waals surface area contributed by atoms with Crippen LogP contribution in [0.2, 0.25) is 5.02 Å². The van der Waals surface area contributed by atoms with Crippen LogP contribution in [0.5, 0.6) is 5.75 Å². The fourth-order valence-electron chi connectivity index (χ4n) is 5.31. The van der Waals surface area contributed by atoms with Crippen LogP contribution >= 0.6 is 11.6 Å². The number of benzene rings is 3. The Bertz CT molecular complexity index is 1680. The van der Waals surface area contributed by atoms with Gasteiger partial charge in [0.05, 0.1) is 0 Å². The van der Waals surface area contributed by atoms with E-state index >= 15 is 0 Å². The number of phenolic OH excluding ortho intramolecular Hbond substituents is 1. The highest BCUT2D eigenvalue weighted by molar-refractivity contribution is 6.30. The molecule has 48 heavy (non-hydrogen) atoms. The van der Waals surface area contributed by atoms with Gasteiger partial charge in [-0.25, -0.2) is 0 Å². The van der Waals surface area contributed by atoms with E-state index < -0.39 is 17.7 Å². The fourth-order valence-corrected chi connectivity index (χ4v) is 5.43. The number of allylic oxidation sites excluding steroid dienone is 2. The SMILES string of the molecule is CN(CCCc1ccc(Cl)cc1)c1nc(NCCc2ccc(O)cc2)nc(N2CCN(C(=CC(=O)c3ccccc3)C(F)(F)F)CC2)n1. The molecule has 1 aromatic heterocycles. The first-order valence-electron chi connectivity index (χ1n) is 15.7. The fraction of sp³-hybridized carbons (Fsp3) is 0.314. The van der Waals surface area contributed by atoms with Gasteiger partial charge in [0.15, 0.2) is 5.78 Å². The summed E-state index contributed by atoms with van der Waals surface area (Å²) in [6.07, 6.45) is -1.70. The summed E-state index contributed by atoms with van der Waals surface area (Å²) >= 11 is 6.01. The van der Waals surface area contributed by atoms with Crippen molar-refractivity contribution in [1.29, 1.82) is 0 Å². The summed E-state index contributed by atoms with van der Waals surface area (Å²) in [5.74, 6) is 0.641. The van der Waals surface area contributed by atoms with Crippen molar-refractivity contribution >= 4 is 35.2 Å². The predicted molar refractivity (Wildman–Crippen MR) is 182 cm³/mol. The zero-order valence-corrected chi connectivity index (χ0v) is 27.3. The van der Waals surface area contributed by atoms with E-state index in [4.69, 9.17) is 16.6 Å². The molecule has 0 amide bonds. The molecule has 0 radical (unpaired) electrons. The first-order chi connectivity index (χ1) is 23.0. The Kier molecular flexibility index (Phi) is 11.4. The number of ketones is 1. The second-order valence-electron chi connectivity index (χ2n) is 11.5. The number of aromatic nitrogens is 3. The third-order valence-corrected chi connectivity index (χ3v) is 8.23. The maximum absolute atomic E-state index is 14.1. The highest BCUT2D eigenvalue weighted by Crippen LogP contribution is 2.30. The molecule has 9 nitrogen and oxygen atoms in total. The lowest BCUT2D eigenvalue weighted by atomic mass is 10.1. The normalized spacial score (nSPS) is 13.8. The number of aromatic hydroxyl groups is 1. The Labute approximate surface area is 282 Å². The first-order valence-corrected chi connectivity index (χ1v) is 16.0. The maximum atomic E-state index is 14.1. The zero-order chi connectivity index (χ0) is 34.1. The number of piperazine rings is 1. The molecule has 0 unspecified atom stereocenters. The maximum Gasteiger partial charge on any atom is 0.431 e. The third kappa shape index (κ3) is 9.60. The van der Waals surface area contributed by atoms with E-state index in [1.165, 1.54) is 17.0 Å². The monoisotopic (exact) mass is 679 g/mol. The molecule has 1 aliphatic heterocycles. The van der Waals surface area contributed by atoms with Crippen LogP contribution in [0.3, 0.4) is 0 Å². The number of hydrogen-bond donors (Lipinski definition) is 2. The van der Waals surface area contributed by atoms with Gasteiger partial charge in [-0.3, -0.25) is 4.79 Å². The number of hydrogen-bond acceptors (Lipinski definition) is 9. The number of halogens is 4. The Balaban J connectivity index is 1.29. The summed E-state index contributed by atoms with van der Waals surface area (Å²) in [5, 5.41) is 13.5. The van der Waals surface area contributed by atoms with E-state index in [1.807, 2.05) is 53.2 Å². The van der Waals surface area contributed by atoms with Crippen molar-refractivity contribution in [3.05, 3.63) is 112 Å². The van der Waals surface area contributed by atoms with Gasteiger partial charge >= 0.3 is 6.18 Å². The molecule has 0 saturated carbocycles. The van der Waals surface area contributed by atoms with Gasteiger partial charge in [-0.2, -0.15) is 28.1 Å². The highest BCUT2D eigenvalue weighted by Gasteiger charge is 2.39. The lowest BCUT2D eigenvalue weighted by Gasteiger charge is -2.37. The summed E-state index contributed by atoms with van der Waals surface area (Å²) in [6.45, 7) is 1.64. The van der Waals surface area contributed by atoms with E-state index in [2.05, 4.69) is 15.3 Å². The summed E-state index contributed by atoms with van der Waals surface area (Å²) in [6, 6.07) is 22.6. The average Bonchev–Trinajstić information content (AvgIpc) is 3.08. The van der Waals surface area contributed by atoms with Gasteiger partial charge in [-0.15, -0.1) is 0 Å². The smallest absolute Gasteiger partial charge is 0.431 e. The molecule has 5 rings (SSSR count). The van der Waals surface area contributed by atoms with Crippen LogP contribution in [0, 0.1) is 0 Å². The van der Waals surface area contributed by atoms with Gasteiger partial charge in [0.2, 0.25) is 17.8 Å². The van der Waals surface area contributed by atoms with Crippen LogP contribution in [0.15, 0.2) is 90.6 Å². The summed E-state index contributed by atoms with van der Waals surface area (Å²) in [4.78, 5) is 31.6. The van der Waals surface area contributed by atoms with Crippen molar-refractivity contribution < 1.29 is 23.1 Å². The molecule has 4 aromatic rings. The summed E-state index contributed by atoms with van der Waals surface area (Å²) in [7, 11) is 1.89. The first kappa shape index (κ1) is 34.5. The molecule has 0 atom stereocenters. The molecular weight excluding hydrogens is 643 g/mol. The molecule has 13 heteroatoms. The topological polar surface area (TPSA) is 97.7 Å². The van der Waals surface area contributed by atoms with Crippen molar-refractivity contribution in [1.82, 2.24) is 19.9 Å². The minimum Gasteiger partial charge on any atom is -0.508 e. The number of aryl methyl sites for hydroxylation is 1. The Hall–Kier alpha value is -4.84. The standard InChI is InChI=1S/C35H37ClF3N7O2/c1-44(19-5-6-25-9-13-28(36)14-10-25)33-41-32(40-18-17-26-11-15-29(47)16-12-26)42-34(43-33)46-22-20-45(21-23-46)31(35(37,38)39)24-30(48)27-7-3-2-4-8-27/h2-4,7-16,24,47H,5-6,17-23H2,1H3,(H,40,41,42,43). The van der Waals surface area contributed by atoms with Gasteiger partial charge in [0.25, 0.3) is 0 Å². The largest absolute Gasteiger partial charge is 0.508 e. The van der Waals surface area contributed by atoms with E-state index in [-0.39, 0.29) is 37.5 Å². The quantitative estimate of drug-likeness (QED) is 0.123. The van der Waals surface area contributed by atoms with Crippen molar-refractivity contribution in [3.63, 3.8) is 0 Å². The molecule has 3 aromatic carbocycles. The van der Waals surface area contributed by atoms with Crippen molar-refractivity contribution in [3.8, 4) is 5.75 Å². The number of phenols is 1. The Morgan fingerprint density at radius 1 is 0.917 bits per heavy atom. The second-order valence-corrected chi connectivity index (χ2v) is 11.9. The van der Waals surface area contributed by atoms with Crippen LogP contribution in [-0.2, 0) is 12.8 Å². The summed E-state index contributed by atoms with van der Waals surface area (Å²) in [5.41, 5.74) is 1.41. The zero-order valence-electron chi connectivity index (χ0n) is 26.5. The number of nitrogens with one attached hydrogen (secondary N) is 1. The highest BCUT2D eigenvalue weighted by atomic mass is 35.5. The Morgan fingerprint density at radius 3 is 2.23 bits per heavy atom. The third-order valence-electron chi connectivity index (χ3n) is 7.98. The van der Waals surface area contributed by atoms with Gasteiger partial charge in [0.1, 0.15) is 11.4 Å². The van der Waals surface area contributed by atoms with Crippen LogP contribution in [0.4, 0.5) is 31.0 Å². The molecule has 1 fully saturated rings. The average molecular weight is 680 g/mol. The molecule has 1 aliphatic rings. The number of nitrogens with zero attached hydrogens (tertiary/aromatic N) is 6. The number of anilines is 3. The number of carbonyl (C=O) groups excluding carboxylic acids is 1. The number of rotatable bonds is 13. The summed E-state index contributed by atoms with van der Waals surface area (Å²) < 4.78 is 42.4. The molecule has 0 aliphatic carbocycles. The molecule has 1 saturated heterocycles. The molecule has 0 bridgehead atoms. The molecule has 2 N–H and O–H groups in total. The predicted octanol–water partition coefficient (Wildman–Crippen LogP) is 6.41. The van der Waals surface area contributed by atoms with Gasteiger partial charge in [-0.05, 0) is 54.7 Å². The second kappa shape index (κ2) is 15.8. The van der Waals surface area contributed by atoms with Gasteiger partial charge < -0.3 is 25.1 Å². The van der Waals surface area contributed by atoms with E-state index in [9.17, 15) is 23.1 Å². The van der Waals surface area contributed by atoms with Crippen LogP contribution in [-0.4, -0.2) is 83.2 Å². The van der Waals surface area contributed by atoms with Crippen molar-refractivity contribution in [2.75, 3.05) is 61.4 Å². The minimum absolute atomic E-state index is 0.0228. The van der Waals surface area contributed by atoms with Crippen molar-refractivity contribution in [2.24, 2.45) is 0 Å². The number of carbonyl (C=O) groups is 1. The van der Waals surface area contributed by atoms with Crippen LogP contribution in [0.1, 0.15) is 27.9 Å². The molecule has 252 valence electrons. The van der Waals surface area contributed by atoms with Crippen LogP contribution < -0.4 is 15.1 Å². The lowest BCUT2D eigenvalue weighted by molar-refractivity contribution is -0.112. The molecular formula is C35H37ClF3N7O2. The lowest BCUT2D eigenvalue weighted by Crippen LogP contribution is -2.49. The van der Waals surface area contributed by atoms with E-state index in [1.54, 1.807) is 30.3 Å². The van der Waals surface area contributed by atoms with Gasteiger partial charge in [-0.1, -0.05) is 66.2 Å². The van der Waals surface area contributed by atoms with Crippen LogP contribution in [0.25, 0.3) is 0 Å². The minimum atomic E-state index is -4.70. The molecule has 0 spiro atoms. The number of alkyl halides is 3. The van der Waals surface area contributed by atoms with Crippen molar-refractivity contribution in [2.45, 2.75) is 25.4 Å². The Morgan fingerprint density at radius 2 is 1.56 bits per heavy atom. The molecule has 2 heterocycles. The van der Waals surface area contributed by atoms with Gasteiger partial charge in [0, 0.05) is 63.0 Å². The van der Waals surface area contributed by atoms with E-state index in [0.29, 0.717) is 48.5 Å².